The Morgan fingerprint density at radius 1 is 1.47 bits per heavy atom. The highest BCUT2D eigenvalue weighted by atomic mass is 79.9. The minimum Gasteiger partial charge on any atom is -0.496 e. The van der Waals surface area contributed by atoms with Gasteiger partial charge < -0.3 is 10.5 Å². The zero-order chi connectivity index (χ0) is 14.0. The Balaban J connectivity index is 2.17. The lowest BCUT2D eigenvalue weighted by molar-refractivity contribution is 0.412. The van der Waals surface area contributed by atoms with Crippen LogP contribution < -0.4 is 10.5 Å². The Labute approximate surface area is 130 Å². The molecule has 2 nitrogen and oxygen atoms in total. The summed E-state index contributed by atoms with van der Waals surface area (Å²) in [5.41, 5.74) is 8.49. The van der Waals surface area contributed by atoms with Crippen LogP contribution in [-0.2, 0) is 6.42 Å². The summed E-state index contributed by atoms with van der Waals surface area (Å²) in [4.78, 5) is 1.05. The number of nitrogens with two attached hydrogens (primary N) is 1. The van der Waals surface area contributed by atoms with Crippen molar-refractivity contribution in [3.8, 4) is 5.75 Å². The number of halogens is 2. The fourth-order valence-corrected chi connectivity index (χ4v) is 3.81. The molecular weight excluding hydrogens is 346 g/mol. The quantitative estimate of drug-likeness (QED) is 0.856. The van der Waals surface area contributed by atoms with Gasteiger partial charge in [0, 0.05) is 10.9 Å². The van der Waals surface area contributed by atoms with E-state index < -0.39 is 0 Å². The third-order valence-electron chi connectivity index (χ3n) is 2.93. The molecule has 0 saturated heterocycles. The maximum atomic E-state index is 6.25. The first-order valence-corrected chi connectivity index (χ1v) is 7.89. The van der Waals surface area contributed by atoms with Crippen LogP contribution in [0.15, 0.2) is 28.1 Å². The molecule has 102 valence electrons. The summed E-state index contributed by atoms with van der Waals surface area (Å²) in [7, 11) is 1.65. The van der Waals surface area contributed by atoms with Gasteiger partial charge in [0.1, 0.15) is 5.75 Å². The lowest BCUT2D eigenvalue weighted by Crippen LogP contribution is -2.12. The Kier molecular flexibility index (Phi) is 4.90. The molecule has 0 fully saturated rings. The zero-order valence-electron chi connectivity index (χ0n) is 10.7. The minimum absolute atomic E-state index is 0.0773. The molecule has 1 atom stereocenters. The number of rotatable bonds is 4. The summed E-state index contributed by atoms with van der Waals surface area (Å²) in [6, 6.07) is 5.92. The van der Waals surface area contributed by atoms with Gasteiger partial charge in [-0.15, -0.1) is 11.3 Å². The molecule has 1 aromatic carbocycles. The molecule has 0 bridgehead atoms. The molecule has 0 spiro atoms. The van der Waals surface area contributed by atoms with Crippen LogP contribution in [0.5, 0.6) is 5.75 Å². The Hall–Kier alpha value is -0.550. The molecule has 0 radical (unpaired) electrons. The monoisotopic (exact) mass is 359 g/mol. The molecule has 1 unspecified atom stereocenters. The van der Waals surface area contributed by atoms with Crippen LogP contribution in [0.2, 0.25) is 5.02 Å². The first-order valence-electron chi connectivity index (χ1n) is 5.84. The molecule has 0 aliphatic carbocycles. The van der Waals surface area contributed by atoms with Gasteiger partial charge in [-0.05, 0) is 57.9 Å². The van der Waals surface area contributed by atoms with Crippen molar-refractivity contribution in [3.63, 3.8) is 0 Å². The molecule has 2 aromatic rings. The SMILES string of the molecule is COc1ccc(CC(N)c2scc(C)c2Cl)cc1Br. The second kappa shape index (κ2) is 6.27. The smallest absolute Gasteiger partial charge is 0.133 e. The standard InChI is InChI=1S/C14H15BrClNOS/c1-8-7-19-14(13(8)16)11(17)6-9-3-4-12(18-2)10(15)5-9/h3-5,7,11H,6,17H2,1-2H3. The third kappa shape index (κ3) is 3.31. The number of hydrogen-bond donors (Lipinski definition) is 1. The Morgan fingerprint density at radius 2 is 2.21 bits per heavy atom. The largest absolute Gasteiger partial charge is 0.496 e. The van der Waals surface area contributed by atoms with E-state index in [-0.39, 0.29) is 6.04 Å². The maximum absolute atomic E-state index is 6.25. The van der Waals surface area contributed by atoms with Gasteiger partial charge in [-0.2, -0.15) is 0 Å². The molecule has 1 aromatic heterocycles. The zero-order valence-corrected chi connectivity index (χ0v) is 13.9. The molecule has 0 amide bonds. The molecule has 2 N–H and O–H groups in total. The van der Waals surface area contributed by atoms with E-state index in [1.807, 2.05) is 30.5 Å². The van der Waals surface area contributed by atoms with Gasteiger partial charge in [-0.1, -0.05) is 17.7 Å². The lowest BCUT2D eigenvalue weighted by Gasteiger charge is -2.12. The highest BCUT2D eigenvalue weighted by Crippen LogP contribution is 2.34. The van der Waals surface area contributed by atoms with Crippen molar-refractivity contribution in [2.24, 2.45) is 5.73 Å². The van der Waals surface area contributed by atoms with Gasteiger partial charge in [0.15, 0.2) is 0 Å². The van der Waals surface area contributed by atoms with Gasteiger partial charge in [0.05, 0.1) is 16.6 Å². The van der Waals surface area contributed by atoms with Gasteiger partial charge in [0.2, 0.25) is 0 Å². The average molecular weight is 361 g/mol. The van der Waals surface area contributed by atoms with Crippen molar-refractivity contribution in [2.75, 3.05) is 7.11 Å². The topological polar surface area (TPSA) is 35.2 Å². The highest BCUT2D eigenvalue weighted by Gasteiger charge is 2.15. The van der Waals surface area contributed by atoms with Crippen LogP contribution in [0, 0.1) is 6.92 Å². The third-order valence-corrected chi connectivity index (χ3v) is 5.40. The van der Waals surface area contributed by atoms with Gasteiger partial charge >= 0.3 is 0 Å². The van der Waals surface area contributed by atoms with Crippen molar-refractivity contribution >= 4 is 38.9 Å². The van der Waals surface area contributed by atoms with Gasteiger partial charge in [0.25, 0.3) is 0 Å². The Morgan fingerprint density at radius 3 is 2.74 bits per heavy atom. The molecule has 2 rings (SSSR count). The van der Waals surface area contributed by atoms with Crippen LogP contribution in [0.1, 0.15) is 22.0 Å². The highest BCUT2D eigenvalue weighted by molar-refractivity contribution is 9.10. The van der Waals surface area contributed by atoms with Crippen molar-refractivity contribution in [1.29, 1.82) is 0 Å². The predicted octanol–water partition coefficient (Wildman–Crippen LogP) is 4.72. The van der Waals surface area contributed by atoms with E-state index in [9.17, 15) is 0 Å². The van der Waals surface area contributed by atoms with Crippen LogP contribution in [-0.4, -0.2) is 7.11 Å². The number of benzene rings is 1. The summed E-state index contributed by atoms with van der Waals surface area (Å²) in [5.74, 6) is 0.822. The second-order valence-electron chi connectivity index (χ2n) is 4.38. The first-order chi connectivity index (χ1) is 9.02. The molecule has 0 aliphatic heterocycles. The summed E-state index contributed by atoms with van der Waals surface area (Å²) < 4.78 is 6.15. The van der Waals surface area contributed by atoms with Crippen molar-refractivity contribution in [2.45, 2.75) is 19.4 Å². The van der Waals surface area contributed by atoms with E-state index in [4.69, 9.17) is 22.1 Å². The van der Waals surface area contributed by atoms with E-state index in [2.05, 4.69) is 15.9 Å². The summed E-state index contributed by atoms with van der Waals surface area (Å²) in [6.07, 6.45) is 0.752. The molecule has 19 heavy (non-hydrogen) atoms. The Bertz CT molecular complexity index is 585. The minimum atomic E-state index is -0.0773. The van der Waals surface area contributed by atoms with Crippen LogP contribution >= 0.6 is 38.9 Å². The fraction of sp³-hybridized carbons (Fsp3) is 0.286. The number of thiophene rings is 1. The fourth-order valence-electron chi connectivity index (χ4n) is 1.88. The predicted molar refractivity (Wildman–Crippen MR) is 85.4 cm³/mol. The summed E-state index contributed by atoms with van der Waals surface area (Å²) in [5, 5.41) is 2.84. The average Bonchev–Trinajstić information content (AvgIpc) is 2.70. The van der Waals surface area contributed by atoms with Crippen molar-refractivity contribution in [3.05, 3.63) is 49.1 Å². The molecule has 0 saturated carbocycles. The second-order valence-corrected chi connectivity index (χ2v) is 6.52. The normalized spacial score (nSPS) is 12.5. The molecule has 1 heterocycles. The van der Waals surface area contributed by atoms with Crippen LogP contribution in [0.4, 0.5) is 0 Å². The van der Waals surface area contributed by atoms with Crippen LogP contribution in [0.25, 0.3) is 0 Å². The van der Waals surface area contributed by atoms with E-state index in [0.717, 1.165) is 37.7 Å². The molecule has 0 aliphatic rings. The molecule has 5 heteroatoms. The van der Waals surface area contributed by atoms with Crippen molar-refractivity contribution in [1.82, 2.24) is 0 Å². The van der Waals surface area contributed by atoms with Crippen LogP contribution in [0.3, 0.4) is 0 Å². The van der Waals surface area contributed by atoms with Gasteiger partial charge in [-0.25, -0.2) is 0 Å². The number of aryl methyl sites for hydroxylation is 1. The van der Waals surface area contributed by atoms with E-state index in [1.165, 1.54) is 0 Å². The van der Waals surface area contributed by atoms with E-state index in [1.54, 1.807) is 18.4 Å². The van der Waals surface area contributed by atoms with E-state index in [0.29, 0.717) is 0 Å². The van der Waals surface area contributed by atoms with Gasteiger partial charge in [-0.3, -0.25) is 0 Å². The number of ether oxygens (including phenoxy) is 1. The number of methoxy groups -OCH3 is 1. The maximum Gasteiger partial charge on any atom is 0.133 e. The van der Waals surface area contributed by atoms with Crippen molar-refractivity contribution < 1.29 is 4.74 Å². The van der Waals surface area contributed by atoms with E-state index >= 15 is 0 Å². The number of hydrogen-bond acceptors (Lipinski definition) is 3. The summed E-state index contributed by atoms with van der Waals surface area (Å²) >= 11 is 11.4. The first kappa shape index (κ1) is 14.9. The lowest BCUT2D eigenvalue weighted by atomic mass is 10.0. The molecular formula is C14H15BrClNOS. The summed E-state index contributed by atoms with van der Waals surface area (Å²) in [6.45, 7) is 2.00.